The normalized spacial score (nSPS) is 14.4. The van der Waals surface area contributed by atoms with Crippen LogP contribution in [0, 0.1) is 0 Å². The van der Waals surface area contributed by atoms with Gasteiger partial charge in [0.1, 0.15) is 17.9 Å². The van der Waals surface area contributed by atoms with Crippen LogP contribution < -0.4 is 16.2 Å². The van der Waals surface area contributed by atoms with Gasteiger partial charge in [-0.25, -0.2) is 0 Å². The molecule has 0 bridgehead atoms. The van der Waals surface area contributed by atoms with Gasteiger partial charge in [-0.15, -0.1) is 0 Å². The van der Waals surface area contributed by atoms with Gasteiger partial charge in [-0.1, -0.05) is 32.0 Å². The summed E-state index contributed by atoms with van der Waals surface area (Å²) in [4.78, 5) is 11.1. The van der Waals surface area contributed by atoms with Crippen molar-refractivity contribution in [2.24, 2.45) is 11.5 Å². The summed E-state index contributed by atoms with van der Waals surface area (Å²) in [6.45, 7) is 5.80. The fourth-order valence-electron chi connectivity index (χ4n) is 1.39. The molecule has 0 heterocycles. The van der Waals surface area contributed by atoms with Crippen molar-refractivity contribution in [2.45, 2.75) is 32.2 Å². The number of ether oxygens (including phenoxy) is 1. The predicted molar refractivity (Wildman–Crippen MR) is 67.8 cm³/mol. The molecule has 1 aromatic carbocycles. The van der Waals surface area contributed by atoms with Crippen LogP contribution >= 0.6 is 0 Å². The van der Waals surface area contributed by atoms with Crippen molar-refractivity contribution in [3.05, 3.63) is 29.8 Å². The molecule has 0 radical (unpaired) electrons. The van der Waals surface area contributed by atoms with Crippen molar-refractivity contribution < 1.29 is 9.53 Å². The van der Waals surface area contributed by atoms with Gasteiger partial charge in [0.05, 0.1) is 0 Å². The average Bonchev–Trinajstić information content (AvgIpc) is 2.26. The van der Waals surface area contributed by atoms with Gasteiger partial charge in [-0.05, 0) is 24.5 Å². The standard InChI is InChI=1S/C13H20N2O2/c1-9(2)10-6-4-5-7-11(10)17-8-13(3,15)12(14)16/h4-7,9H,8,15H2,1-3H3,(H2,14,16). The maximum absolute atomic E-state index is 11.1. The Labute approximate surface area is 102 Å². The number of hydrogen-bond donors (Lipinski definition) is 2. The molecule has 4 nitrogen and oxygen atoms in total. The van der Waals surface area contributed by atoms with Crippen LogP contribution in [-0.2, 0) is 4.79 Å². The summed E-state index contributed by atoms with van der Waals surface area (Å²) in [6.07, 6.45) is 0. The minimum absolute atomic E-state index is 0.0755. The monoisotopic (exact) mass is 236 g/mol. The molecule has 0 aliphatic heterocycles. The first-order chi connectivity index (χ1) is 7.84. The molecular weight excluding hydrogens is 216 g/mol. The molecular formula is C13H20N2O2. The molecule has 0 spiro atoms. The van der Waals surface area contributed by atoms with Gasteiger partial charge >= 0.3 is 0 Å². The van der Waals surface area contributed by atoms with Gasteiger partial charge in [0.15, 0.2) is 0 Å². The maximum Gasteiger partial charge on any atom is 0.240 e. The third-order valence-electron chi connectivity index (χ3n) is 2.63. The van der Waals surface area contributed by atoms with Crippen LogP contribution in [0.25, 0.3) is 0 Å². The number of rotatable bonds is 5. The van der Waals surface area contributed by atoms with Crippen molar-refractivity contribution in [2.75, 3.05) is 6.61 Å². The lowest BCUT2D eigenvalue weighted by Gasteiger charge is -2.22. The highest BCUT2D eigenvalue weighted by molar-refractivity contribution is 5.84. The largest absolute Gasteiger partial charge is 0.491 e. The van der Waals surface area contributed by atoms with E-state index >= 15 is 0 Å². The SMILES string of the molecule is CC(C)c1ccccc1OCC(C)(N)C(N)=O. The quantitative estimate of drug-likeness (QED) is 0.811. The van der Waals surface area contributed by atoms with Crippen LogP contribution in [0.4, 0.5) is 0 Å². The summed E-state index contributed by atoms with van der Waals surface area (Å²) in [5.74, 6) is 0.531. The molecule has 4 heteroatoms. The van der Waals surface area contributed by atoms with E-state index in [1.54, 1.807) is 6.92 Å². The summed E-state index contributed by atoms with van der Waals surface area (Å²) in [6, 6.07) is 7.71. The van der Waals surface area contributed by atoms with E-state index in [0.29, 0.717) is 5.92 Å². The second kappa shape index (κ2) is 5.19. The molecule has 1 amide bonds. The third kappa shape index (κ3) is 3.46. The fourth-order valence-corrected chi connectivity index (χ4v) is 1.39. The van der Waals surface area contributed by atoms with Crippen LogP contribution in [0.3, 0.4) is 0 Å². The van der Waals surface area contributed by atoms with Crippen molar-refractivity contribution >= 4 is 5.91 Å². The predicted octanol–water partition coefficient (Wildman–Crippen LogP) is 1.39. The van der Waals surface area contributed by atoms with E-state index < -0.39 is 11.4 Å². The van der Waals surface area contributed by atoms with Crippen molar-refractivity contribution in [1.82, 2.24) is 0 Å². The molecule has 94 valence electrons. The highest BCUT2D eigenvalue weighted by atomic mass is 16.5. The van der Waals surface area contributed by atoms with Crippen LogP contribution in [0.1, 0.15) is 32.3 Å². The Morgan fingerprint density at radius 1 is 1.41 bits per heavy atom. The molecule has 0 saturated heterocycles. The molecule has 4 N–H and O–H groups in total. The van der Waals surface area contributed by atoms with E-state index in [1.807, 2.05) is 24.3 Å². The fraction of sp³-hybridized carbons (Fsp3) is 0.462. The van der Waals surface area contributed by atoms with Gasteiger partial charge in [0.2, 0.25) is 5.91 Å². The van der Waals surface area contributed by atoms with Crippen LogP contribution in [-0.4, -0.2) is 18.1 Å². The van der Waals surface area contributed by atoms with Crippen LogP contribution in [0.15, 0.2) is 24.3 Å². The Morgan fingerprint density at radius 2 is 2.00 bits per heavy atom. The highest BCUT2D eigenvalue weighted by Gasteiger charge is 2.27. The number of carbonyl (C=O) groups is 1. The number of hydrogen-bond acceptors (Lipinski definition) is 3. The van der Waals surface area contributed by atoms with Crippen molar-refractivity contribution in [1.29, 1.82) is 0 Å². The average molecular weight is 236 g/mol. The van der Waals surface area contributed by atoms with Gasteiger partial charge in [-0.2, -0.15) is 0 Å². The first-order valence-electron chi connectivity index (χ1n) is 5.65. The maximum atomic E-state index is 11.1. The first-order valence-corrected chi connectivity index (χ1v) is 5.65. The van der Waals surface area contributed by atoms with E-state index in [-0.39, 0.29) is 6.61 Å². The number of amides is 1. The molecule has 1 unspecified atom stereocenters. The second-order valence-corrected chi connectivity index (χ2v) is 4.76. The van der Waals surface area contributed by atoms with Gasteiger partial charge in [0, 0.05) is 0 Å². The van der Waals surface area contributed by atoms with E-state index in [1.165, 1.54) is 0 Å². The molecule has 0 aromatic heterocycles. The van der Waals surface area contributed by atoms with E-state index in [2.05, 4.69) is 13.8 Å². The van der Waals surface area contributed by atoms with E-state index in [9.17, 15) is 4.79 Å². The Hall–Kier alpha value is -1.55. The molecule has 1 aromatic rings. The first kappa shape index (κ1) is 13.5. The summed E-state index contributed by atoms with van der Waals surface area (Å²) in [7, 11) is 0. The Kier molecular flexibility index (Phi) is 4.12. The molecule has 0 aliphatic rings. The Morgan fingerprint density at radius 3 is 2.53 bits per heavy atom. The zero-order valence-corrected chi connectivity index (χ0v) is 10.6. The minimum Gasteiger partial charge on any atom is -0.491 e. The highest BCUT2D eigenvalue weighted by Crippen LogP contribution is 2.26. The van der Waals surface area contributed by atoms with E-state index in [4.69, 9.17) is 16.2 Å². The summed E-state index contributed by atoms with van der Waals surface area (Å²) >= 11 is 0. The van der Waals surface area contributed by atoms with E-state index in [0.717, 1.165) is 11.3 Å². The molecule has 0 aliphatic carbocycles. The lowest BCUT2D eigenvalue weighted by atomic mass is 10.0. The molecule has 0 fully saturated rings. The van der Waals surface area contributed by atoms with Crippen LogP contribution in [0.2, 0.25) is 0 Å². The molecule has 0 saturated carbocycles. The number of para-hydroxylation sites is 1. The van der Waals surface area contributed by atoms with Crippen LogP contribution in [0.5, 0.6) is 5.75 Å². The lowest BCUT2D eigenvalue weighted by molar-refractivity contribution is -0.123. The van der Waals surface area contributed by atoms with Crippen molar-refractivity contribution in [3.8, 4) is 5.75 Å². The Bertz CT molecular complexity index is 400. The summed E-state index contributed by atoms with van der Waals surface area (Å²) < 4.78 is 5.60. The topological polar surface area (TPSA) is 78.3 Å². The smallest absolute Gasteiger partial charge is 0.240 e. The third-order valence-corrected chi connectivity index (χ3v) is 2.63. The summed E-state index contributed by atoms with van der Waals surface area (Å²) in [5.41, 5.74) is 10.9. The zero-order chi connectivity index (χ0) is 13.1. The number of primary amides is 1. The minimum atomic E-state index is -1.15. The zero-order valence-electron chi connectivity index (χ0n) is 10.6. The Balaban J connectivity index is 2.79. The molecule has 1 rings (SSSR count). The number of nitrogens with two attached hydrogens (primary N) is 2. The summed E-state index contributed by atoms with van der Waals surface area (Å²) in [5, 5.41) is 0. The second-order valence-electron chi connectivity index (χ2n) is 4.76. The molecule has 1 atom stereocenters. The van der Waals surface area contributed by atoms with Gasteiger partial charge in [-0.3, -0.25) is 4.79 Å². The van der Waals surface area contributed by atoms with Gasteiger partial charge < -0.3 is 16.2 Å². The lowest BCUT2D eigenvalue weighted by Crippen LogP contribution is -2.53. The number of carbonyl (C=O) groups excluding carboxylic acids is 1. The molecule has 17 heavy (non-hydrogen) atoms. The van der Waals surface area contributed by atoms with Crippen molar-refractivity contribution in [3.63, 3.8) is 0 Å². The van der Waals surface area contributed by atoms with Gasteiger partial charge in [0.25, 0.3) is 0 Å². The number of benzene rings is 1.